The topological polar surface area (TPSA) is 93.1 Å². The summed E-state index contributed by atoms with van der Waals surface area (Å²) in [7, 11) is 0. The highest BCUT2D eigenvalue weighted by molar-refractivity contribution is 5.88. The van der Waals surface area contributed by atoms with Crippen LogP contribution in [0.15, 0.2) is 24.3 Å². The van der Waals surface area contributed by atoms with Crippen LogP contribution >= 0.6 is 0 Å². The SMILES string of the molecule is C=C(CO)C(=O)OCC(C)(CCC1CCC(C2CCC(CCCCC)CC2)CC1)COC(=O)C(=C)CO. The summed E-state index contributed by atoms with van der Waals surface area (Å²) in [6.45, 7) is 10.5. The van der Waals surface area contributed by atoms with Crippen LogP contribution in [0, 0.1) is 29.1 Å². The second-order valence-electron chi connectivity index (χ2n) is 12.1. The Labute approximate surface area is 224 Å². The van der Waals surface area contributed by atoms with Crippen molar-refractivity contribution in [2.24, 2.45) is 29.1 Å². The minimum atomic E-state index is -0.639. The fraction of sp³-hybridized carbons (Fsp3) is 0.806. The molecule has 37 heavy (non-hydrogen) atoms. The summed E-state index contributed by atoms with van der Waals surface area (Å²) < 4.78 is 10.8. The zero-order chi connectivity index (χ0) is 27.3. The molecule has 2 rings (SSSR count). The number of aliphatic hydroxyl groups is 2. The van der Waals surface area contributed by atoms with Gasteiger partial charge in [0.15, 0.2) is 0 Å². The number of hydrogen-bond donors (Lipinski definition) is 2. The molecular formula is C31H52O6. The molecule has 0 atom stereocenters. The van der Waals surface area contributed by atoms with Gasteiger partial charge in [-0.3, -0.25) is 0 Å². The predicted molar refractivity (Wildman–Crippen MR) is 147 cm³/mol. The second kappa shape index (κ2) is 16.3. The van der Waals surface area contributed by atoms with E-state index >= 15 is 0 Å². The largest absolute Gasteiger partial charge is 0.462 e. The molecule has 0 bridgehead atoms. The molecule has 212 valence electrons. The molecule has 0 aromatic carbocycles. The van der Waals surface area contributed by atoms with Crippen LogP contribution in [0.2, 0.25) is 0 Å². The number of hydrogen-bond acceptors (Lipinski definition) is 6. The van der Waals surface area contributed by atoms with E-state index in [1.165, 1.54) is 77.0 Å². The lowest BCUT2D eigenvalue weighted by Crippen LogP contribution is -2.33. The molecule has 0 aliphatic heterocycles. The Balaban J connectivity index is 1.81. The monoisotopic (exact) mass is 520 g/mol. The summed E-state index contributed by atoms with van der Waals surface area (Å²) in [5.41, 5.74) is -0.563. The third-order valence-electron chi connectivity index (χ3n) is 8.88. The van der Waals surface area contributed by atoms with E-state index in [4.69, 9.17) is 19.7 Å². The van der Waals surface area contributed by atoms with Crippen molar-refractivity contribution < 1.29 is 29.3 Å². The molecule has 2 fully saturated rings. The van der Waals surface area contributed by atoms with Gasteiger partial charge in [-0.05, 0) is 62.2 Å². The Kier molecular flexibility index (Phi) is 13.9. The van der Waals surface area contributed by atoms with Crippen LogP contribution in [0.4, 0.5) is 0 Å². The van der Waals surface area contributed by atoms with Gasteiger partial charge in [0.2, 0.25) is 0 Å². The molecule has 0 spiro atoms. The third-order valence-corrected chi connectivity index (χ3v) is 8.88. The zero-order valence-corrected chi connectivity index (χ0v) is 23.5. The molecular weight excluding hydrogens is 468 g/mol. The summed E-state index contributed by atoms with van der Waals surface area (Å²) in [5, 5.41) is 18.3. The zero-order valence-electron chi connectivity index (χ0n) is 23.5. The lowest BCUT2D eigenvalue weighted by molar-refractivity contribution is -0.149. The maximum Gasteiger partial charge on any atom is 0.335 e. The molecule has 0 heterocycles. The summed E-state index contributed by atoms with van der Waals surface area (Å²) >= 11 is 0. The van der Waals surface area contributed by atoms with Crippen LogP contribution in [-0.4, -0.2) is 48.6 Å². The van der Waals surface area contributed by atoms with Crippen molar-refractivity contribution in [1.29, 1.82) is 0 Å². The first kappa shape index (κ1) is 31.6. The van der Waals surface area contributed by atoms with Crippen molar-refractivity contribution in [3.05, 3.63) is 24.3 Å². The highest BCUT2D eigenvalue weighted by atomic mass is 16.5. The van der Waals surface area contributed by atoms with E-state index < -0.39 is 30.6 Å². The quantitative estimate of drug-likeness (QED) is 0.144. The fourth-order valence-corrected chi connectivity index (χ4v) is 6.13. The molecule has 2 saturated carbocycles. The van der Waals surface area contributed by atoms with Gasteiger partial charge in [0.25, 0.3) is 0 Å². The molecule has 0 radical (unpaired) electrons. The first-order valence-electron chi connectivity index (χ1n) is 14.6. The van der Waals surface area contributed by atoms with Gasteiger partial charge in [-0.15, -0.1) is 0 Å². The molecule has 6 nitrogen and oxygen atoms in total. The molecule has 0 amide bonds. The first-order valence-corrected chi connectivity index (χ1v) is 14.6. The molecule has 2 N–H and O–H groups in total. The highest BCUT2D eigenvalue weighted by Crippen LogP contribution is 2.43. The van der Waals surface area contributed by atoms with E-state index in [1.54, 1.807) is 0 Å². The molecule has 6 heteroatoms. The van der Waals surface area contributed by atoms with Crippen LogP contribution in [0.5, 0.6) is 0 Å². The Hall–Kier alpha value is -1.66. The Morgan fingerprint density at radius 3 is 1.59 bits per heavy atom. The van der Waals surface area contributed by atoms with E-state index in [0.29, 0.717) is 5.92 Å². The van der Waals surface area contributed by atoms with Gasteiger partial charge in [-0.25, -0.2) is 9.59 Å². The van der Waals surface area contributed by atoms with Crippen molar-refractivity contribution in [2.45, 2.75) is 104 Å². The van der Waals surface area contributed by atoms with Crippen molar-refractivity contribution >= 4 is 11.9 Å². The van der Waals surface area contributed by atoms with Crippen LogP contribution in [-0.2, 0) is 19.1 Å². The van der Waals surface area contributed by atoms with Crippen molar-refractivity contribution in [3.63, 3.8) is 0 Å². The van der Waals surface area contributed by atoms with Gasteiger partial charge >= 0.3 is 11.9 Å². The molecule has 0 unspecified atom stereocenters. The maximum atomic E-state index is 12.1. The molecule has 0 saturated heterocycles. The minimum absolute atomic E-state index is 0.00122. The highest BCUT2D eigenvalue weighted by Gasteiger charge is 2.33. The van der Waals surface area contributed by atoms with Crippen LogP contribution in [0.3, 0.4) is 0 Å². The average molecular weight is 521 g/mol. The van der Waals surface area contributed by atoms with Crippen LogP contribution in [0.25, 0.3) is 0 Å². The Morgan fingerprint density at radius 2 is 1.19 bits per heavy atom. The van der Waals surface area contributed by atoms with Crippen molar-refractivity contribution in [2.75, 3.05) is 26.4 Å². The summed E-state index contributed by atoms with van der Waals surface area (Å²) in [6, 6.07) is 0. The van der Waals surface area contributed by atoms with E-state index in [9.17, 15) is 9.59 Å². The molecule has 0 aromatic heterocycles. The van der Waals surface area contributed by atoms with Gasteiger partial charge in [0, 0.05) is 5.41 Å². The predicted octanol–water partition coefficient (Wildman–Crippen LogP) is 6.15. The van der Waals surface area contributed by atoms with E-state index in [2.05, 4.69) is 20.1 Å². The normalized spacial score (nSPS) is 24.3. The van der Waals surface area contributed by atoms with Gasteiger partial charge in [-0.2, -0.15) is 0 Å². The number of rotatable bonds is 16. The fourth-order valence-electron chi connectivity index (χ4n) is 6.13. The average Bonchev–Trinajstić information content (AvgIpc) is 2.93. The second-order valence-corrected chi connectivity index (χ2v) is 12.1. The Bertz CT molecular complexity index is 696. The number of aliphatic hydroxyl groups excluding tert-OH is 2. The molecule has 2 aliphatic rings. The van der Waals surface area contributed by atoms with Gasteiger partial charge in [0.05, 0.1) is 24.4 Å². The Morgan fingerprint density at radius 1 is 0.757 bits per heavy atom. The van der Waals surface area contributed by atoms with Crippen LogP contribution in [0.1, 0.15) is 104 Å². The van der Waals surface area contributed by atoms with Crippen molar-refractivity contribution in [3.8, 4) is 0 Å². The van der Waals surface area contributed by atoms with Gasteiger partial charge < -0.3 is 19.7 Å². The number of ether oxygens (including phenoxy) is 2. The first-order chi connectivity index (χ1) is 17.7. The number of esters is 2. The van der Waals surface area contributed by atoms with Gasteiger partial charge in [-0.1, -0.05) is 78.4 Å². The van der Waals surface area contributed by atoms with E-state index in [0.717, 1.165) is 30.6 Å². The summed E-state index contributed by atoms with van der Waals surface area (Å²) in [4.78, 5) is 24.1. The summed E-state index contributed by atoms with van der Waals surface area (Å²) in [6.07, 6.45) is 18.0. The third kappa shape index (κ3) is 10.9. The number of unbranched alkanes of at least 4 members (excludes halogenated alkanes) is 2. The smallest absolute Gasteiger partial charge is 0.335 e. The standard InChI is InChI=1S/C31H52O6/c1-5-6-7-8-25-9-13-27(14-10-25)28-15-11-26(12-16-28)17-18-31(4,21-36-29(34)23(2)19-32)22-37-30(35)24(3)20-33/h25-28,32-33H,2-3,5-22H2,1,4H3. The number of carbonyl (C=O) groups excluding carboxylic acids is 2. The maximum absolute atomic E-state index is 12.1. The lowest BCUT2D eigenvalue weighted by Gasteiger charge is -2.38. The summed E-state index contributed by atoms with van der Waals surface area (Å²) in [5.74, 6) is 2.10. The van der Waals surface area contributed by atoms with E-state index in [1.807, 2.05) is 6.92 Å². The molecule has 0 aromatic rings. The minimum Gasteiger partial charge on any atom is -0.462 e. The van der Waals surface area contributed by atoms with Crippen molar-refractivity contribution in [1.82, 2.24) is 0 Å². The van der Waals surface area contributed by atoms with E-state index in [-0.39, 0.29) is 24.4 Å². The van der Waals surface area contributed by atoms with Gasteiger partial charge in [0.1, 0.15) is 13.2 Å². The number of carbonyl (C=O) groups is 2. The van der Waals surface area contributed by atoms with Crippen LogP contribution < -0.4 is 0 Å². The lowest BCUT2D eigenvalue weighted by atomic mass is 9.67. The molecule has 2 aliphatic carbocycles.